The van der Waals surface area contributed by atoms with Gasteiger partial charge in [0.05, 0.1) is 6.20 Å². The Morgan fingerprint density at radius 3 is 2.41 bits per heavy atom. The molecule has 128 valence electrons. The van der Waals surface area contributed by atoms with Crippen LogP contribution in [0.4, 0.5) is 0 Å². The molecule has 0 saturated heterocycles. The summed E-state index contributed by atoms with van der Waals surface area (Å²) in [6, 6.07) is 0. The van der Waals surface area contributed by atoms with Crippen LogP contribution in [0.5, 0.6) is 0 Å². The van der Waals surface area contributed by atoms with Crippen LogP contribution in [0.25, 0.3) is 0 Å². The number of unbranched alkanes of at least 4 members (excludes halogenated alkanes) is 7. The molecule has 0 aliphatic rings. The largest absolute Gasteiger partial charge is 0.396 e. The first-order valence-corrected chi connectivity index (χ1v) is 8.84. The fraction of sp³-hybridized carbons (Fsp3) is 0.882. The molecule has 0 radical (unpaired) electrons. The van der Waals surface area contributed by atoms with Gasteiger partial charge in [-0.1, -0.05) is 57.1 Å². The minimum absolute atomic E-state index is 0.206. The highest BCUT2D eigenvalue weighted by Gasteiger charge is 2.26. The standard InChI is InChI=1S/C17H33N3O2/c1-3-4-5-6-7-8-9-12-17(2,22)16-15-20(19-18-16)13-10-11-14-21/h15,21-22H,3-14H2,1-2H3. The van der Waals surface area contributed by atoms with Crippen molar-refractivity contribution < 1.29 is 10.2 Å². The predicted molar refractivity (Wildman–Crippen MR) is 88.5 cm³/mol. The van der Waals surface area contributed by atoms with E-state index in [2.05, 4.69) is 17.2 Å². The van der Waals surface area contributed by atoms with Gasteiger partial charge in [-0.3, -0.25) is 4.68 Å². The molecule has 0 aromatic carbocycles. The molecule has 1 heterocycles. The van der Waals surface area contributed by atoms with Gasteiger partial charge in [-0.15, -0.1) is 5.10 Å². The minimum Gasteiger partial charge on any atom is -0.396 e. The lowest BCUT2D eigenvalue weighted by molar-refractivity contribution is 0.0402. The predicted octanol–water partition coefficient (Wildman–Crippen LogP) is 3.40. The molecule has 0 spiro atoms. The van der Waals surface area contributed by atoms with Crippen molar-refractivity contribution in [3.05, 3.63) is 11.9 Å². The monoisotopic (exact) mass is 311 g/mol. The van der Waals surface area contributed by atoms with E-state index in [1.54, 1.807) is 4.68 Å². The van der Waals surface area contributed by atoms with Crippen molar-refractivity contribution in [2.75, 3.05) is 6.61 Å². The van der Waals surface area contributed by atoms with Gasteiger partial charge in [-0.05, 0) is 26.2 Å². The Labute approximate surface area is 134 Å². The van der Waals surface area contributed by atoms with E-state index in [4.69, 9.17) is 5.11 Å². The normalized spacial score (nSPS) is 14.2. The summed E-state index contributed by atoms with van der Waals surface area (Å²) in [6.07, 6.45) is 12.9. The molecule has 2 N–H and O–H groups in total. The molecule has 5 heteroatoms. The number of hydrogen-bond donors (Lipinski definition) is 2. The van der Waals surface area contributed by atoms with Crippen molar-refractivity contribution in [3.63, 3.8) is 0 Å². The van der Waals surface area contributed by atoms with E-state index in [1.807, 2.05) is 13.1 Å². The van der Waals surface area contributed by atoms with Crippen molar-refractivity contribution in [1.29, 1.82) is 0 Å². The second kappa shape index (κ2) is 10.7. The van der Waals surface area contributed by atoms with Gasteiger partial charge in [0, 0.05) is 13.2 Å². The number of hydrogen-bond acceptors (Lipinski definition) is 4. The van der Waals surface area contributed by atoms with Gasteiger partial charge >= 0.3 is 0 Å². The highest BCUT2D eigenvalue weighted by molar-refractivity contribution is 5.04. The Balaban J connectivity index is 2.26. The maximum atomic E-state index is 10.6. The average Bonchev–Trinajstić information content (AvgIpc) is 2.96. The first kappa shape index (κ1) is 19.1. The zero-order valence-electron chi connectivity index (χ0n) is 14.3. The molecule has 0 aliphatic carbocycles. The zero-order chi connectivity index (χ0) is 16.3. The third kappa shape index (κ3) is 7.36. The fourth-order valence-corrected chi connectivity index (χ4v) is 2.59. The summed E-state index contributed by atoms with van der Waals surface area (Å²) in [5.74, 6) is 0. The molecule has 22 heavy (non-hydrogen) atoms. The van der Waals surface area contributed by atoms with Crippen LogP contribution in [-0.2, 0) is 12.1 Å². The Kier molecular flexibility index (Phi) is 9.32. The summed E-state index contributed by atoms with van der Waals surface area (Å²) < 4.78 is 1.75. The third-order valence-electron chi connectivity index (χ3n) is 4.15. The topological polar surface area (TPSA) is 71.2 Å². The molecular formula is C17H33N3O2. The van der Waals surface area contributed by atoms with Gasteiger partial charge < -0.3 is 10.2 Å². The highest BCUT2D eigenvalue weighted by atomic mass is 16.3. The lowest BCUT2D eigenvalue weighted by Gasteiger charge is -2.20. The number of nitrogens with zero attached hydrogens (tertiary/aromatic N) is 3. The van der Waals surface area contributed by atoms with Crippen LogP contribution in [-0.4, -0.2) is 31.8 Å². The van der Waals surface area contributed by atoms with Gasteiger partial charge in [0.25, 0.3) is 0 Å². The molecule has 1 rings (SSSR count). The van der Waals surface area contributed by atoms with Crippen molar-refractivity contribution in [1.82, 2.24) is 15.0 Å². The maximum absolute atomic E-state index is 10.6. The molecule has 1 unspecified atom stereocenters. The van der Waals surface area contributed by atoms with E-state index in [9.17, 15) is 5.11 Å². The number of aliphatic hydroxyl groups excluding tert-OH is 1. The molecule has 1 atom stereocenters. The van der Waals surface area contributed by atoms with Crippen LogP contribution in [0.3, 0.4) is 0 Å². The molecule has 0 aliphatic heterocycles. The Bertz CT molecular complexity index is 391. The van der Waals surface area contributed by atoms with Crippen molar-refractivity contribution in [2.24, 2.45) is 0 Å². The molecular weight excluding hydrogens is 278 g/mol. The van der Waals surface area contributed by atoms with Gasteiger partial charge in [0.15, 0.2) is 0 Å². The number of aliphatic hydroxyl groups is 2. The number of rotatable bonds is 13. The molecule has 0 bridgehead atoms. The Morgan fingerprint density at radius 1 is 1.05 bits per heavy atom. The molecule has 5 nitrogen and oxygen atoms in total. The first-order chi connectivity index (χ1) is 10.6. The van der Waals surface area contributed by atoms with E-state index < -0.39 is 5.60 Å². The van der Waals surface area contributed by atoms with Gasteiger partial charge in [0.2, 0.25) is 0 Å². The van der Waals surface area contributed by atoms with E-state index in [1.165, 1.54) is 38.5 Å². The van der Waals surface area contributed by atoms with Crippen LogP contribution in [0, 0.1) is 0 Å². The third-order valence-corrected chi connectivity index (χ3v) is 4.15. The Morgan fingerprint density at radius 2 is 1.73 bits per heavy atom. The first-order valence-electron chi connectivity index (χ1n) is 8.84. The Hall–Kier alpha value is -0.940. The molecule has 0 fully saturated rings. The van der Waals surface area contributed by atoms with Crippen LogP contribution in [0.15, 0.2) is 6.20 Å². The molecule has 1 aromatic rings. The molecule has 0 amide bonds. The fourth-order valence-electron chi connectivity index (χ4n) is 2.59. The second-order valence-electron chi connectivity index (χ2n) is 6.44. The lowest BCUT2D eigenvalue weighted by Crippen LogP contribution is -2.21. The number of aromatic nitrogens is 3. The summed E-state index contributed by atoms with van der Waals surface area (Å²) >= 11 is 0. The summed E-state index contributed by atoms with van der Waals surface area (Å²) in [5.41, 5.74) is -0.235. The van der Waals surface area contributed by atoms with Crippen LogP contribution < -0.4 is 0 Å². The maximum Gasteiger partial charge on any atom is 0.114 e. The van der Waals surface area contributed by atoms with Crippen LogP contribution in [0.2, 0.25) is 0 Å². The summed E-state index contributed by atoms with van der Waals surface area (Å²) in [6.45, 7) is 5.00. The van der Waals surface area contributed by atoms with E-state index in [0.29, 0.717) is 5.69 Å². The second-order valence-corrected chi connectivity index (χ2v) is 6.44. The van der Waals surface area contributed by atoms with Gasteiger partial charge in [-0.2, -0.15) is 0 Å². The van der Waals surface area contributed by atoms with E-state index in [-0.39, 0.29) is 6.61 Å². The summed E-state index contributed by atoms with van der Waals surface area (Å²) in [4.78, 5) is 0. The number of aryl methyl sites for hydroxylation is 1. The quantitative estimate of drug-likeness (QED) is 0.548. The van der Waals surface area contributed by atoms with Gasteiger partial charge in [-0.25, -0.2) is 0 Å². The van der Waals surface area contributed by atoms with Gasteiger partial charge in [0.1, 0.15) is 11.3 Å². The average molecular weight is 311 g/mol. The van der Waals surface area contributed by atoms with Crippen molar-refractivity contribution in [3.8, 4) is 0 Å². The van der Waals surface area contributed by atoms with E-state index >= 15 is 0 Å². The van der Waals surface area contributed by atoms with E-state index in [0.717, 1.165) is 32.2 Å². The molecule has 0 saturated carbocycles. The zero-order valence-corrected chi connectivity index (χ0v) is 14.3. The van der Waals surface area contributed by atoms with Crippen LogP contribution in [0.1, 0.15) is 83.7 Å². The minimum atomic E-state index is -0.890. The van der Waals surface area contributed by atoms with Crippen LogP contribution >= 0.6 is 0 Å². The lowest BCUT2D eigenvalue weighted by atomic mass is 9.95. The SMILES string of the molecule is CCCCCCCCCC(C)(O)c1cn(CCCCO)nn1. The summed E-state index contributed by atoms with van der Waals surface area (Å²) in [7, 11) is 0. The summed E-state index contributed by atoms with van der Waals surface area (Å²) in [5, 5.41) is 27.5. The van der Waals surface area contributed by atoms with Crippen molar-refractivity contribution >= 4 is 0 Å². The smallest absolute Gasteiger partial charge is 0.114 e. The molecule has 1 aromatic heterocycles. The highest BCUT2D eigenvalue weighted by Crippen LogP contribution is 2.25. The van der Waals surface area contributed by atoms with Crippen molar-refractivity contribution in [2.45, 2.75) is 90.2 Å².